The fourth-order valence-corrected chi connectivity index (χ4v) is 5.30. The molecule has 0 aromatic carbocycles. The lowest BCUT2D eigenvalue weighted by molar-refractivity contribution is -0.133. The predicted octanol–water partition coefficient (Wildman–Crippen LogP) is 1.93. The van der Waals surface area contributed by atoms with Crippen molar-refractivity contribution in [1.29, 1.82) is 0 Å². The third kappa shape index (κ3) is 3.17. The Morgan fingerprint density at radius 2 is 1.90 bits per heavy atom. The molecular weight excluding hydrogens is 436 g/mol. The van der Waals surface area contributed by atoms with Crippen LogP contribution in [0.3, 0.4) is 0 Å². The molecule has 4 aromatic rings. The minimum absolute atomic E-state index is 0.104. The summed E-state index contributed by atoms with van der Waals surface area (Å²) in [6, 6.07) is 7.73. The number of aromatic nitrogens is 4. The molecule has 158 valence electrons. The van der Waals surface area contributed by atoms with Gasteiger partial charge in [-0.25, -0.2) is 14.8 Å². The average molecular weight is 455 g/mol. The van der Waals surface area contributed by atoms with Crippen LogP contribution in [0.15, 0.2) is 56.0 Å². The van der Waals surface area contributed by atoms with E-state index >= 15 is 0 Å². The van der Waals surface area contributed by atoms with E-state index in [4.69, 9.17) is 0 Å². The number of fused-ring (bicyclic) bond motifs is 1. The van der Waals surface area contributed by atoms with Crippen LogP contribution in [0, 0.1) is 0 Å². The third-order valence-corrected chi connectivity index (χ3v) is 7.26. The molecule has 1 aliphatic rings. The van der Waals surface area contributed by atoms with Crippen LogP contribution < -0.4 is 11.2 Å². The van der Waals surface area contributed by atoms with Gasteiger partial charge in [-0.2, -0.15) is 5.10 Å². The topological polar surface area (TPSA) is 94.5 Å². The molecule has 0 saturated carbocycles. The van der Waals surface area contributed by atoms with Crippen LogP contribution in [-0.4, -0.2) is 35.3 Å². The van der Waals surface area contributed by atoms with Crippen LogP contribution in [0.1, 0.15) is 22.2 Å². The Bertz CT molecular complexity index is 1430. The number of hydrogen-bond donors (Lipinski definition) is 0. The maximum absolute atomic E-state index is 13.3. The summed E-state index contributed by atoms with van der Waals surface area (Å²) in [6.07, 6.45) is 2.05. The number of hydrazone groups is 1. The van der Waals surface area contributed by atoms with Crippen molar-refractivity contribution in [1.82, 2.24) is 23.7 Å². The van der Waals surface area contributed by atoms with Gasteiger partial charge in [0.1, 0.15) is 6.54 Å². The number of amides is 1. The highest BCUT2D eigenvalue weighted by Crippen LogP contribution is 2.36. The zero-order valence-corrected chi connectivity index (χ0v) is 18.4. The Labute approximate surface area is 184 Å². The standard InChI is InChI=1S/C20H18N6O3S2/c1-23-18-17(19(28)24(2)20(23)29)25(11-21-18)10-16(27)26-13(15-6-4-8-31-15)9-12(22-26)14-5-3-7-30-14/h3-8,11,13H,9-10H2,1-2H3/t13-/m1/s1. The number of imidazole rings is 1. The van der Waals surface area contributed by atoms with Gasteiger partial charge in [-0.15, -0.1) is 22.7 Å². The van der Waals surface area contributed by atoms with Crippen molar-refractivity contribution in [2.45, 2.75) is 19.0 Å². The van der Waals surface area contributed by atoms with E-state index in [1.807, 2.05) is 35.0 Å². The summed E-state index contributed by atoms with van der Waals surface area (Å²) in [5, 5.41) is 10.1. The van der Waals surface area contributed by atoms with Crippen LogP contribution in [0.2, 0.25) is 0 Å². The number of rotatable bonds is 4. The van der Waals surface area contributed by atoms with E-state index in [9.17, 15) is 14.4 Å². The number of nitrogens with zero attached hydrogens (tertiary/aromatic N) is 6. The highest BCUT2D eigenvalue weighted by Gasteiger charge is 2.34. The lowest BCUT2D eigenvalue weighted by atomic mass is 10.1. The molecule has 1 amide bonds. The second-order valence-electron chi connectivity index (χ2n) is 7.25. The fourth-order valence-electron chi connectivity index (χ4n) is 3.77. The van der Waals surface area contributed by atoms with Gasteiger partial charge in [-0.3, -0.25) is 18.7 Å². The molecule has 0 unspecified atom stereocenters. The first-order valence-corrected chi connectivity index (χ1v) is 11.3. The van der Waals surface area contributed by atoms with Crippen molar-refractivity contribution >= 4 is 45.5 Å². The molecule has 5 heterocycles. The van der Waals surface area contributed by atoms with Gasteiger partial charge in [0.25, 0.3) is 11.5 Å². The average Bonchev–Trinajstić information content (AvgIpc) is 3.54. The molecule has 0 bridgehead atoms. The predicted molar refractivity (Wildman–Crippen MR) is 120 cm³/mol. The maximum Gasteiger partial charge on any atom is 0.332 e. The van der Waals surface area contributed by atoms with E-state index in [2.05, 4.69) is 10.1 Å². The Hall–Kier alpha value is -3.31. The normalized spacial score (nSPS) is 16.3. The lowest BCUT2D eigenvalue weighted by Crippen LogP contribution is -2.38. The largest absolute Gasteiger partial charge is 0.332 e. The number of carbonyl (C=O) groups excluding carboxylic acids is 1. The van der Waals surface area contributed by atoms with Crippen molar-refractivity contribution in [3.63, 3.8) is 0 Å². The highest BCUT2D eigenvalue weighted by molar-refractivity contribution is 7.12. The van der Waals surface area contributed by atoms with Gasteiger partial charge >= 0.3 is 5.69 Å². The van der Waals surface area contributed by atoms with Gasteiger partial charge in [0.2, 0.25) is 0 Å². The van der Waals surface area contributed by atoms with Crippen molar-refractivity contribution in [2.24, 2.45) is 19.2 Å². The Morgan fingerprint density at radius 3 is 2.61 bits per heavy atom. The summed E-state index contributed by atoms with van der Waals surface area (Å²) >= 11 is 3.17. The van der Waals surface area contributed by atoms with Crippen LogP contribution in [-0.2, 0) is 25.4 Å². The summed E-state index contributed by atoms with van der Waals surface area (Å²) in [6.45, 7) is -0.104. The summed E-state index contributed by atoms with van der Waals surface area (Å²) < 4.78 is 3.81. The second kappa shape index (κ2) is 7.43. The molecule has 0 N–H and O–H groups in total. The van der Waals surface area contributed by atoms with Gasteiger partial charge in [0.05, 0.1) is 23.0 Å². The Balaban J connectivity index is 1.53. The van der Waals surface area contributed by atoms with Crippen molar-refractivity contribution in [3.05, 3.63) is 71.9 Å². The van der Waals surface area contributed by atoms with Crippen LogP contribution in [0.5, 0.6) is 0 Å². The van der Waals surface area contributed by atoms with Gasteiger partial charge in [-0.1, -0.05) is 12.1 Å². The van der Waals surface area contributed by atoms with Gasteiger partial charge in [-0.05, 0) is 22.9 Å². The third-order valence-electron chi connectivity index (χ3n) is 5.37. The summed E-state index contributed by atoms with van der Waals surface area (Å²) in [4.78, 5) is 44.4. The number of thiophene rings is 2. The van der Waals surface area contributed by atoms with E-state index < -0.39 is 11.2 Å². The van der Waals surface area contributed by atoms with Crippen LogP contribution in [0.4, 0.5) is 0 Å². The molecule has 11 heteroatoms. The number of carbonyl (C=O) groups is 1. The van der Waals surface area contributed by atoms with E-state index in [1.165, 1.54) is 27.5 Å². The van der Waals surface area contributed by atoms with E-state index in [0.717, 1.165) is 20.0 Å². The molecule has 0 saturated heterocycles. The van der Waals surface area contributed by atoms with Crippen molar-refractivity contribution in [2.75, 3.05) is 0 Å². The molecular formula is C20H18N6O3S2. The smallest absolute Gasteiger partial charge is 0.315 e. The maximum atomic E-state index is 13.3. The molecule has 1 aliphatic heterocycles. The van der Waals surface area contributed by atoms with E-state index in [1.54, 1.807) is 29.7 Å². The summed E-state index contributed by atoms with van der Waals surface area (Å²) in [5.41, 5.74) is 0.390. The first kappa shape index (κ1) is 19.6. The molecule has 31 heavy (non-hydrogen) atoms. The zero-order valence-electron chi connectivity index (χ0n) is 16.8. The van der Waals surface area contributed by atoms with Crippen LogP contribution in [0.25, 0.3) is 11.2 Å². The van der Waals surface area contributed by atoms with Crippen LogP contribution >= 0.6 is 22.7 Å². The Morgan fingerprint density at radius 1 is 1.13 bits per heavy atom. The fraction of sp³-hybridized carbons (Fsp3) is 0.250. The summed E-state index contributed by atoms with van der Waals surface area (Å²) in [7, 11) is 2.96. The Kier molecular flexibility index (Phi) is 4.71. The molecule has 4 aromatic heterocycles. The highest BCUT2D eigenvalue weighted by atomic mass is 32.1. The minimum Gasteiger partial charge on any atom is -0.315 e. The summed E-state index contributed by atoms with van der Waals surface area (Å²) in [5.74, 6) is -0.250. The molecule has 0 fully saturated rings. The first-order chi connectivity index (χ1) is 15.0. The second-order valence-corrected chi connectivity index (χ2v) is 9.18. The van der Waals surface area contributed by atoms with Gasteiger partial charge in [0.15, 0.2) is 11.2 Å². The minimum atomic E-state index is -0.484. The van der Waals surface area contributed by atoms with Gasteiger partial charge < -0.3 is 4.57 Å². The SMILES string of the molecule is Cn1c(=O)c2c(ncn2CC(=O)N2N=C(c3cccs3)C[C@@H]2c2cccs2)n(C)c1=O. The molecule has 0 spiro atoms. The quantitative estimate of drug-likeness (QED) is 0.471. The lowest BCUT2D eigenvalue weighted by Gasteiger charge is -2.21. The molecule has 5 rings (SSSR count). The molecule has 0 aliphatic carbocycles. The number of aryl methyl sites for hydroxylation is 1. The zero-order chi connectivity index (χ0) is 21.7. The molecule has 9 nitrogen and oxygen atoms in total. The molecule has 0 radical (unpaired) electrons. The van der Waals surface area contributed by atoms with E-state index in [0.29, 0.717) is 6.42 Å². The van der Waals surface area contributed by atoms with Crippen molar-refractivity contribution < 1.29 is 4.79 Å². The van der Waals surface area contributed by atoms with Crippen molar-refractivity contribution in [3.8, 4) is 0 Å². The van der Waals surface area contributed by atoms with E-state index in [-0.39, 0.29) is 29.7 Å². The number of hydrogen-bond acceptors (Lipinski definition) is 7. The molecule has 1 atom stereocenters. The van der Waals surface area contributed by atoms with Gasteiger partial charge in [0, 0.05) is 25.4 Å². The first-order valence-electron chi connectivity index (χ1n) is 9.53. The monoisotopic (exact) mass is 454 g/mol.